The van der Waals surface area contributed by atoms with Gasteiger partial charge in [-0.1, -0.05) is 6.92 Å². The molecule has 3 N–H and O–H groups in total. The van der Waals surface area contributed by atoms with Crippen LogP contribution >= 0.6 is 12.2 Å². The molecule has 0 bridgehead atoms. The van der Waals surface area contributed by atoms with Crippen LogP contribution in [0.15, 0.2) is 0 Å². The Kier molecular flexibility index (Phi) is 3.95. The van der Waals surface area contributed by atoms with Gasteiger partial charge in [0.05, 0.1) is 0 Å². The van der Waals surface area contributed by atoms with Gasteiger partial charge in [-0.25, -0.2) is 0 Å². The highest BCUT2D eigenvalue weighted by molar-refractivity contribution is 7.80. The Bertz CT molecular complexity index is 204. The van der Waals surface area contributed by atoms with Crippen molar-refractivity contribution in [2.75, 3.05) is 0 Å². The molecule has 1 fully saturated rings. The number of rotatable bonds is 2. The third-order valence-electron chi connectivity index (χ3n) is 2.08. The molecule has 4 nitrogen and oxygen atoms in total. The van der Waals surface area contributed by atoms with E-state index in [0.29, 0.717) is 17.6 Å². The lowest BCUT2D eigenvalue weighted by atomic mass is 9.93. The van der Waals surface area contributed by atoms with E-state index in [0.717, 1.165) is 0 Å². The number of hydrogen-bond donors (Lipinski definition) is 3. The zero-order valence-corrected chi connectivity index (χ0v) is 8.54. The molecule has 0 heterocycles. The predicted molar refractivity (Wildman–Crippen MR) is 54.9 cm³/mol. The first kappa shape index (κ1) is 10.2. The van der Waals surface area contributed by atoms with E-state index in [2.05, 4.69) is 16.2 Å². The monoisotopic (exact) mass is 201 g/mol. The second kappa shape index (κ2) is 5.01. The Balaban J connectivity index is 2.06. The molecule has 0 radical (unpaired) electrons. The number of nitrogens with one attached hydrogen (secondary N) is 3. The Labute approximate surface area is 83.4 Å². The van der Waals surface area contributed by atoms with Gasteiger partial charge in [0.2, 0.25) is 5.91 Å². The van der Waals surface area contributed by atoms with E-state index >= 15 is 0 Å². The normalized spacial score (nSPS) is 15.8. The minimum atomic E-state index is -0.0576. The van der Waals surface area contributed by atoms with Crippen LogP contribution in [0.1, 0.15) is 32.6 Å². The summed E-state index contributed by atoms with van der Waals surface area (Å²) in [6.45, 7) is 1.79. The molecule has 0 saturated heterocycles. The predicted octanol–water partition coefficient (Wildman–Crippen LogP) is 0.444. The molecule has 74 valence electrons. The van der Waals surface area contributed by atoms with Crippen LogP contribution < -0.4 is 16.2 Å². The van der Waals surface area contributed by atoms with Crippen LogP contribution in [-0.4, -0.2) is 17.1 Å². The van der Waals surface area contributed by atoms with E-state index in [1.165, 1.54) is 19.3 Å². The van der Waals surface area contributed by atoms with Gasteiger partial charge in [-0.15, -0.1) is 0 Å². The Morgan fingerprint density at radius 2 is 2.15 bits per heavy atom. The van der Waals surface area contributed by atoms with Crippen LogP contribution in [0.25, 0.3) is 0 Å². The number of amides is 1. The van der Waals surface area contributed by atoms with Gasteiger partial charge in [0.25, 0.3) is 0 Å². The van der Waals surface area contributed by atoms with Crippen molar-refractivity contribution in [2.24, 2.45) is 0 Å². The third-order valence-corrected chi connectivity index (χ3v) is 2.30. The summed E-state index contributed by atoms with van der Waals surface area (Å²) in [4.78, 5) is 10.8. The molecule has 1 rings (SSSR count). The zero-order valence-electron chi connectivity index (χ0n) is 7.72. The van der Waals surface area contributed by atoms with E-state index in [-0.39, 0.29) is 5.91 Å². The maximum absolute atomic E-state index is 10.8. The maximum atomic E-state index is 10.8. The van der Waals surface area contributed by atoms with Crippen molar-refractivity contribution < 1.29 is 4.79 Å². The number of thiocarbonyl (C=S) groups is 1. The van der Waals surface area contributed by atoms with Gasteiger partial charge in [0, 0.05) is 12.5 Å². The first-order valence-electron chi connectivity index (χ1n) is 4.57. The largest absolute Gasteiger partial charge is 0.359 e. The Morgan fingerprint density at radius 3 is 2.62 bits per heavy atom. The van der Waals surface area contributed by atoms with Crippen molar-refractivity contribution in [2.45, 2.75) is 38.6 Å². The van der Waals surface area contributed by atoms with E-state index < -0.39 is 0 Å². The molecule has 1 aliphatic carbocycles. The summed E-state index contributed by atoms with van der Waals surface area (Å²) in [6, 6.07) is 0.499. The molecule has 1 aliphatic rings. The van der Waals surface area contributed by atoms with Gasteiger partial charge >= 0.3 is 0 Å². The van der Waals surface area contributed by atoms with Crippen LogP contribution in [-0.2, 0) is 4.79 Å². The summed E-state index contributed by atoms with van der Waals surface area (Å²) in [5, 5.41) is 3.61. The number of hydrogen-bond acceptors (Lipinski definition) is 2. The standard InChI is InChI=1S/C8H15N3OS/c1-2-7(12)10-11-8(13)9-6-4-3-5-6/h6H,2-5H2,1H3,(H,10,12)(H2,9,11,13). The lowest BCUT2D eigenvalue weighted by Crippen LogP contribution is -2.51. The molecule has 0 aromatic rings. The number of hydrazine groups is 1. The van der Waals surface area contributed by atoms with Crippen LogP contribution in [0.4, 0.5) is 0 Å². The van der Waals surface area contributed by atoms with Crippen LogP contribution in [0.3, 0.4) is 0 Å². The molecular formula is C8H15N3OS. The fourth-order valence-electron chi connectivity index (χ4n) is 0.989. The molecule has 0 aliphatic heterocycles. The van der Waals surface area contributed by atoms with Crippen LogP contribution in [0.2, 0.25) is 0 Å². The minimum absolute atomic E-state index is 0.0576. The molecule has 0 atom stereocenters. The van der Waals surface area contributed by atoms with Gasteiger partial charge < -0.3 is 5.32 Å². The molecule has 13 heavy (non-hydrogen) atoms. The first-order chi connectivity index (χ1) is 6.22. The summed E-state index contributed by atoms with van der Waals surface area (Å²) in [6.07, 6.45) is 4.06. The fraction of sp³-hybridized carbons (Fsp3) is 0.750. The lowest BCUT2D eigenvalue weighted by Gasteiger charge is -2.27. The topological polar surface area (TPSA) is 53.2 Å². The van der Waals surface area contributed by atoms with Gasteiger partial charge in [-0.05, 0) is 31.5 Å². The summed E-state index contributed by atoms with van der Waals surface area (Å²) in [5.41, 5.74) is 5.15. The summed E-state index contributed by atoms with van der Waals surface area (Å²) < 4.78 is 0. The summed E-state index contributed by atoms with van der Waals surface area (Å²) >= 11 is 4.96. The first-order valence-corrected chi connectivity index (χ1v) is 4.98. The third kappa shape index (κ3) is 3.59. The van der Waals surface area contributed by atoms with Crippen molar-refractivity contribution in [1.82, 2.24) is 16.2 Å². The molecule has 0 spiro atoms. The van der Waals surface area contributed by atoms with E-state index in [9.17, 15) is 4.79 Å². The molecular weight excluding hydrogens is 186 g/mol. The smallest absolute Gasteiger partial charge is 0.238 e. The van der Waals surface area contributed by atoms with Crippen LogP contribution in [0.5, 0.6) is 0 Å². The highest BCUT2D eigenvalue weighted by Crippen LogP contribution is 2.17. The van der Waals surface area contributed by atoms with Gasteiger partial charge in [0.15, 0.2) is 5.11 Å². The summed E-state index contributed by atoms with van der Waals surface area (Å²) in [5.74, 6) is -0.0576. The second-order valence-electron chi connectivity index (χ2n) is 3.13. The highest BCUT2D eigenvalue weighted by Gasteiger charge is 2.17. The van der Waals surface area contributed by atoms with Crippen molar-refractivity contribution >= 4 is 23.2 Å². The van der Waals surface area contributed by atoms with Crippen molar-refractivity contribution in [3.05, 3.63) is 0 Å². The molecule has 0 aromatic carbocycles. The van der Waals surface area contributed by atoms with Gasteiger partial charge in [-0.2, -0.15) is 0 Å². The van der Waals surface area contributed by atoms with Gasteiger partial charge in [0.1, 0.15) is 0 Å². The Morgan fingerprint density at radius 1 is 1.46 bits per heavy atom. The molecule has 5 heteroatoms. The highest BCUT2D eigenvalue weighted by atomic mass is 32.1. The molecule has 1 saturated carbocycles. The fourth-order valence-corrected chi connectivity index (χ4v) is 1.21. The molecule has 1 amide bonds. The van der Waals surface area contributed by atoms with Crippen molar-refractivity contribution in [3.8, 4) is 0 Å². The zero-order chi connectivity index (χ0) is 9.68. The van der Waals surface area contributed by atoms with E-state index in [1.807, 2.05) is 0 Å². The van der Waals surface area contributed by atoms with E-state index in [1.54, 1.807) is 6.92 Å². The lowest BCUT2D eigenvalue weighted by molar-refractivity contribution is -0.121. The second-order valence-corrected chi connectivity index (χ2v) is 3.54. The van der Waals surface area contributed by atoms with Crippen molar-refractivity contribution in [3.63, 3.8) is 0 Å². The number of carbonyl (C=O) groups excluding carboxylic acids is 1. The number of carbonyl (C=O) groups is 1. The Hall–Kier alpha value is -0.840. The minimum Gasteiger partial charge on any atom is -0.359 e. The average molecular weight is 201 g/mol. The van der Waals surface area contributed by atoms with Gasteiger partial charge in [-0.3, -0.25) is 15.6 Å². The summed E-state index contributed by atoms with van der Waals surface area (Å²) in [7, 11) is 0. The average Bonchev–Trinajstić information content (AvgIpc) is 2.07. The quantitative estimate of drug-likeness (QED) is 0.448. The van der Waals surface area contributed by atoms with Crippen molar-refractivity contribution in [1.29, 1.82) is 0 Å². The maximum Gasteiger partial charge on any atom is 0.238 e. The molecule has 0 aromatic heterocycles. The molecule has 0 unspecified atom stereocenters. The SMILES string of the molecule is CCC(=O)NNC(=S)NC1CCC1. The van der Waals surface area contributed by atoms with E-state index in [4.69, 9.17) is 12.2 Å². The van der Waals surface area contributed by atoms with Crippen LogP contribution in [0, 0.1) is 0 Å².